The second-order valence-electron chi connectivity index (χ2n) is 5.95. The third-order valence-electron chi connectivity index (χ3n) is 4.73. The number of hydrogen-bond acceptors (Lipinski definition) is 3. The number of hydrogen-bond donors (Lipinski definition) is 1. The van der Waals surface area contributed by atoms with Crippen LogP contribution in [0.25, 0.3) is 0 Å². The first-order chi connectivity index (χ1) is 8.93. The van der Waals surface area contributed by atoms with Crippen molar-refractivity contribution in [3.63, 3.8) is 0 Å². The van der Waals surface area contributed by atoms with Gasteiger partial charge in [0.05, 0.1) is 12.5 Å². The monoisotopic (exact) mass is 269 g/mol. The number of carbonyl (C=O) groups excluding carboxylic acids is 1. The van der Waals surface area contributed by atoms with Crippen LogP contribution in [0.4, 0.5) is 0 Å². The molecule has 0 saturated carbocycles. The van der Waals surface area contributed by atoms with E-state index in [2.05, 4.69) is 0 Å². The van der Waals surface area contributed by atoms with E-state index in [9.17, 15) is 14.7 Å². The molecule has 2 rings (SSSR count). The van der Waals surface area contributed by atoms with Crippen LogP contribution in [0.1, 0.15) is 33.6 Å². The quantitative estimate of drug-likeness (QED) is 0.840. The number of rotatable bonds is 3. The molecule has 0 radical (unpaired) electrons. The fourth-order valence-electron chi connectivity index (χ4n) is 3.59. The van der Waals surface area contributed by atoms with Gasteiger partial charge in [0.15, 0.2) is 0 Å². The zero-order valence-corrected chi connectivity index (χ0v) is 11.8. The summed E-state index contributed by atoms with van der Waals surface area (Å²) in [6.45, 7) is 7.14. The minimum Gasteiger partial charge on any atom is -0.481 e. The van der Waals surface area contributed by atoms with Gasteiger partial charge < -0.3 is 14.7 Å². The molecule has 0 aromatic heterocycles. The number of amides is 1. The summed E-state index contributed by atoms with van der Waals surface area (Å²) < 4.78 is 5.38. The molecule has 1 N–H and O–H groups in total. The highest BCUT2D eigenvalue weighted by Crippen LogP contribution is 2.34. The molecule has 5 atom stereocenters. The van der Waals surface area contributed by atoms with Crippen molar-refractivity contribution < 1.29 is 19.4 Å². The zero-order chi connectivity index (χ0) is 14.2. The Morgan fingerprint density at radius 2 is 2.16 bits per heavy atom. The summed E-state index contributed by atoms with van der Waals surface area (Å²) in [5, 5.41) is 9.37. The van der Waals surface area contributed by atoms with Crippen LogP contribution in [0.5, 0.6) is 0 Å². The number of ether oxygens (including phenoxy) is 1. The Balaban J connectivity index is 2.17. The molecule has 108 valence electrons. The van der Waals surface area contributed by atoms with E-state index in [-0.39, 0.29) is 23.9 Å². The van der Waals surface area contributed by atoms with Gasteiger partial charge >= 0.3 is 5.97 Å². The van der Waals surface area contributed by atoms with Crippen LogP contribution in [0, 0.1) is 17.8 Å². The molecule has 2 aliphatic heterocycles. The lowest BCUT2D eigenvalue weighted by Gasteiger charge is -2.45. The summed E-state index contributed by atoms with van der Waals surface area (Å²) in [6, 6.07) is -0.191. The standard InChI is InChI=1S/C14H23NO4/c1-8-6-12(16)15(10(3)13(8)14(17)18)9(2)11-4-5-19-7-11/h8-11,13H,4-7H2,1-3H3,(H,17,18). The predicted molar refractivity (Wildman–Crippen MR) is 69.6 cm³/mol. The highest BCUT2D eigenvalue weighted by Gasteiger charge is 2.44. The summed E-state index contributed by atoms with van der Waals surface area (Å²) in [5.41, 5.74) is 0. The number of aliphatic carboxylic acids is 1. The van der Waals surface area contributed by atoms with Gasteiger partial charge in [0.1, 0.15) is 0 Å². The maximum Gasteiger partial charge on any atom is 0.308 e. The van der Waals surface area contributed by atoms with E-state index < -0.39 is 11.9 Å². The molecule has 0 bridgehead atoms. The van der Waals surface area contributed by atoms with Gasteiger partial charge in [-0.25, -0.2) is 0 Å². The molecule has 0 spiro atoms. The lowest BCUT2D eigenvalue weighted by atomic mass is 9.79. The summed E-state index contributed by atoms with van der Waals surface area (Å²) in [6.07, 6.45) is 1.28. The van der Waals surface area contributed by atoms with Crippen LogP contribution in [0.15, 0.2) is 0 Å². The smallest absolute Gasteiger partial charge is 0.308 e. The number of nitrogens with zero attached hydrogens (tertiary/aromatic N) is 1. The first-order valence-electron chi connectivity index (χ1n) is 7.05. The normalized spacial score (nSPS) is 37.4. The molecular formula is C14H23NO4. The average Bonchev–Trinajstić information content (AvgIpc) is 2.80. The van der Waals surface area contributed by atoms with E-state index in [1.807, 2.05) is 20.8 Å². The Hall–Kier alpha value is -1.10. The summed E-state index contributed by atoms with van der Waals surface area (Å²) >= 11 is 0. The van der Waals surface area contributed by atoms with Crippen molar-refractivity contribution in [1.82, 2.24) is 4.90 Å². The molecule has 2 fully saturated rings. The molecule has 5 unspecified atom stereocenters. The molecular weight excluding hydrogens is 246 g/mol. The molecule has 5 nitrogen and oxygen atoms in total. The van der Waals surface area contributed by atoms with Gasteiger partial charge in [-0.15, -0.1) is 0 Å². The first-order valence-corrected chi connectivity index (χ1v) is 7.05. The van der Waals surface area contributed by atoms with Gasteiger partial charge in [-0.1, -0.05) is 6.92 Å². The SMILES string of the molecule is CC1CC(=O)N(C(C)C2CCOC2)C(C)C1C(=O)O. The van der Waals surface area contributed by atoms with Crippen molar-refractivity contribution in [1.29, 1.82) is 0 Å². The lowest BCUT2D eigenvalue weighted by molar-refractivity contribution is -0.157. The number of carboxylic acids is 1. The number of carboxylic acid groups (broad SMARTS) is 1. The molecule has 5 heteroatoms. The molecule has 0 aromatic rings. The van der Waals surface area contributed by atoms with Crippen molar-refractivity contribution >= 4 is 11.9 Å². The van der Waals surface area contributed by atoms with E-state index in [1.165, 1.54) is 0 Å². The Bertz CT molecular complexity index is 364. The minimum atomic E-state index is -0.799. The van der Waals surface area contributed by atoms with Crippen molar-refractivity contribution in [3.05, 3.63) is 0 Å². The molecule has 2 saturated heterocycles. The van der Waals surface area contributed by atoms with E-state index in [0.29, 0.717) is 18.9 Å². The van der Waals surface area contributed by atoms with Crippen molar-refractivity contribution in [2.45, 2.75) is 45.7 Å². The number of carbonyl (C=O) groups is 2. The Kier molecular flexibility index (Phi) is 4.13. The maximum atomic E-state index is 12.3. The third kappa shape index (κ3) is 2.61. The van der Waals surface area contributed by atoms with Gasteiger partial charge in [0, 0.05) is 31.0 Å². The van der Waals surface area contributed by atoms with Crippen LogP contribution in [0.3, 0.4) is 0 Å². The third-order valence-corrected chi connectivity index (χ3v) is 4.73. The molecule has 0 aromatic carbocycles. The summed E-state index contributed by atoms with van der Waals surface area (Å²) in [7, 11) is 0. The number of likely N-dealkylation sites (tertiary alicyclic amines) is 1. The van der Waals surface area contributed by atoms with Gasteiger partial charge in [-0.2, -0.15) is 0 Å². The summed E-state index contributed by atoms with van der Waals surface area (Å²) in [5.74, 6) is -0.954. The predicted octanol–water partition coefficient (Wildman–Crippen LogP) is 1.37. The van der Waals surface area contributed by atoms with E-state index in [4.69, 9.17) is 4.74 Å². The van der Waals surface area contributed by atoms with Gasteiger partial charge in [0.2, 0.25) is 5.91 Å². The lowest BCUT2D eigenvalue weighted by Crippen LogP contribution is -2.57. The van der Waals surface area contributed by atoms with Gasteiger partial charge in [-0.05, 0) is 26.2 Å². The largest absolute Gasteiger partial charge is 0.481 e. The van der Waals surface area contributed by atoms with E-state index in [0.717, 1.165) is 13.0 Å². The minimum absolute atomic E-state index is 0.0550. The average molecular weight is 269 g/mol. The molecule has 19 heavy (non-hydrogen) atoms. The maximum absolute atomic E-state index is 12.3. The van der Waals surface area contributed by atoms with E-state index in [1.54, 1.807) is 4.90 Å². The van der Waals surface area contributed by atoms with Crippen LogP contribution < -0.4 is 0 Å². The van der Waals surface area contributed by atoms with Crippen LogP contribution in [-0.2, 0) is 14.3 Å². The fraction of sp³-hybridized carbons (Fsp3) is 0.857. The zero-order valence-electron chi connectivity index (χ0n) is 11.8. The highest BCUT2D eigenvalue weighted by molar-refractivity contribution is 5.82. The Morgan fingerprint density at radius 3 is 2.68 bits per heavy atom. The fourth-order valence-corrected chi connectivity index (χ4v) is 3.59. The van der Waals surface area contributed by atoms with Crippen LogP contribution in [-0.4, -0.2) is 47.2 Å². The van der Waals surface area contributed by atoms with Crippen molar-refractivity contribution in [2.24, 2.45) is 17.8 Å². The Morgan fingerprint density at radius 1 is 1.47 bits per heavy atom. The Labute approximate surface area is 113 Å². The van der Waals surface area contributed by atoms with Gasteiger partial charge in [-0.3, -0.25) is 9.59 Å². The highest BCUT2D eigenvalue weighted by atomic mass is 16.5. The number of piperidine rings is 1. The molecule has 1 amide bonds. The van der Waals surface area contributed by atoms with Gasteiger partial charge in [0.25, 0.3) is 0 Å². The second kappa shape index (κ2) is 5.49. The molecule has 2 aliphatic rings. The van der Waals surface area contributed by atoms with E-state index >= 15 is 0 Å². The first kappa shape index (κ1) is 14.3. The van der Waals surface area contributed by atoms with Crippen molar-refractivity contribution in [2.75, 3.05) is 13.2 Å². The summed E-state index contributed by atoms with van der Waals surface area (Å²) in [4.78, 5) is 25.5. The molecule has 0 aliphatic carbocycles. The van der Waals surface area contributed by atoms with Crippen LogP contribution >= 0.6 is 0 Å². The second-order valence-corrected chi connectivity index (χ2v) is 5.95. The topological polar surface area (TPSA) is 66.8 Å². The molecule has 2 heterocycles. The van der Waals surface area contributed by atoms with Crippen molar-refractivity contribution in [3.8, 4) is 0 Å². The van der Waals surface area contributed by atoms with Crippen LogP contribution in [0.2, 0.25) is 0 Å².